The number of carbonyl (C=O) groups excluding carboxylic acids is 2. The molecule has 0 saturated heterocycles. The van der Waals surface area contributed by atoms with Crippen molar-refractivity contribution in [1.82, 2.24) is 0 Å². The minimum absolute atomic E-state index is 0.0893. The Morgan fingerprint density at radius 1 is 0.967 bits per heavy atom. The molecule has 5 nitrogen and oxygen atoms in total. The molecule has 6 heteroatoms. The van der Waals surface area contributed by atoms with Crippen LogP contribution in [0.15, 0.2) is 71.7 Å². The van der Waals surface area contributed by atoms with Crippen LogP contribution in [0.1, 0.15) is 24.3 Å². The van der Waals surface area contributed by atoms with Gasteiger partial charge in [-0.05, 0) is 62.0 Å². The Bertz CT molecular complexity index is 1130. The van der Waals surface area contributed by atoms with Crippen molar-refractivity contribution < 1.29 is 14.3 Å². The third-order valence-corrected chi connectivity index (χ3v) is 5.50. The second kappa shape index (κ2) is 8.16. The van der Waals surface area contributed by atoms with Gasteiger partial charge in [0, 0.05) is 10.6 Å². The second-order valence-corrected chi connectivity index (χ2v) is 8.25. The van der Waals surface area contributed by atoms with E-state index in [9.17, 15) is 9.59 Å². The molecule has 1 aromatic heterocycles. The van der Waals surface area contributed by atoms with Crippen molar-refractivity contribution >= 4 is 40.1 Å². The summed E-state index contributed by atoms with van der Waals surface area (Å²) >= 11 is 1.43. The van der Waals surface area contributed by atoms with Gasteiger partial charge in [-0.1, -0.05) is 30.3 Å². The molecule has 0 aliphatic carbocycles. The van der Waals surface area contributed by atoms with Crippen molar-refractivity contribution in [3.05, 3.63) is 82.2 Å². The van der Waals surface area contributed by atoms with Crippen molar-refractivity contribution in [2.75, 3.05) is 10.2 Å². The Morgan fingerprint density at radius 3 is 2.47 bits per heavy atom. The highest BCUT2D eigenvalue weighted by Crippen LogP contribution is 2.39. The first-order valence-electron chi connectivity index (χ1n) is 9.72. The molecule has 2 aromatic carbocycles. The Hall–Kier alpha value is -3.38. The number of anilines is 2. The number of nitrogens with zero attached hydrogens (tertiary/aromatic N) is 1. The lowest BCUT2D eigenvalue weighted by Crippen LogP contribution is -2.33. The van der Waals surface area contributed by atoms with Gasteiger partial charge in [0.25, 0.3) is 11.8 Å². The lowest BCUT2D eigenvalue weighted by Gasteiger charge is -2.20. The van der Waals surface area contributed by atoms with Crippen molar-refractivity contribution in [3.8, 4) is 5.75 Å². The van der Waals surface area contributed by atoms with Crippen LogP contribution in [0, 0.1) is 6.92 Å². The Kier molecular flexibility index (Phi) is 5.42. The molecule has 0 spiro atoms. The molecule has 0 radical (unpaired) electrons. The number of rotatable bonds is 6. The second-order valence-electron chi connectivity index (χ2n) is 7.30. The summed E-state index contributed by atoms with van der Waals surface area (Å²) in [7, 11) is 0. The van der Waals surface area contributed by atoms with Gasteiger partial charge in [-0.15, -0.1) is 11.3 Å². The Labute approximate surface area is 179 Å². The summed E-state index contributed by atoms with van der Waals surface area (Å²) in [6, 6.07) is 18.5. The molecule has 2 heterocycles. The summed E-state index contributed by atoms with van der Waals surface area (Å²) < 4.78 is 5.87. The monoisotopic (exact) mass is 418 g/mol. The molecule has 4 rings (SSSR count). The Morgan fingerprint density at radius 2 is 1.77 bits per heavy atom. The number of aryl methyl sites for hydroxylation is 1. The van der Waals surface area contributed by atoms with Crippen LogP contribution in [0.3, 0.4) is 0 Å². The van der Waals surface area contributed by atoms with Crippen LogP contribution in [0.25, 0.3) is 5.57 Å². The first-order chi connectivity index (χ1) is 14.5. The first-order valence-corrected chi connectivity index (χ1v) is 10.6. The van der Waals surface area contributed by atoms with E-state index >= 15 is 0 Å². The number of imide groups is 1. The van der Waals surface area contributed by atoms with Crippen molar-refractivity contribution in [1.29, 1.82) is 0 Å². The molecule has 2 amide bonds. The molecule has 0 atom stereocenters. The molecule has 0 unspecified atom stereocenters. The SMILES string of the molecule is Cc1cccc(NC2=C(c3cccs3)C(=O)N(c3ccccc3OC(C)C)C2=O)c1. The van der Waals surface area contributed by atoms with Gasteiger partial charge in [-0.3, -0.25) is 9.59 Å². The van der Waals surface area contributed by atoms with Gasteiger partial charge in [0.1, 0.15) is 11.4 Å². The number of hydrogen-bond acceptors (Lipinski definition) is 5. The highest BCUT2D eigenvalue weighted by atomic mass is 32.1. The van der Waals surface area contributed by atoms with E-state index < -0.39 is 5.91 Å². The van der Waals surface area contributed by atoms with E-state index in [0.29, 0.717) is 17.0 Å². The van der Waals surface area contributed by atoms with Crippen LogP contribution in [-0.2, 0) is 9.59 Å². The number of carbonyl (C=O) groups is 2. The number of nitrogens with one attached hydrogen (secondary N) is 1. The van der Waals surface area contributed by atoms with Gasteiger partial charge >= 0.3 is 0 Å². The first kappa shape index (κ1) is 19.9. The van der Waals surface area contributed by atoms with E-state index in [4.69, 9.17) is 4.74 Å². The largest absolute Gasteiger partial charge is 0.489 e. The summed E-state index contributed by atoms with van der Waals surface area (Å²) in [5.41, 5.74) is 2.90. The number of hydrogen-bond donors (Lipinski definition) is 1. The number of para-hydroxylation sites is 2. The molecular weight excluding hydrogens is 396 g/mol. The highest BCUT2D eigenvalue weighted by molar-refractivity contribution is 7.11. The zero-order valence-electron chi connectivity index (χ0n) is 17.0. The molecule has 3 aromatic rings. The van der Waals surface area contributed by atoms with Crippen molar-refractivity contribution in [2.24, 2.45) is 0 Å². The summed E-state index contributed by atoms with van der Waals surface area (Å²) in [5, 5.41) is 5.09. The smallest absolute Gasteiger partial charge is 0.282 e. The molecule has 30 heavy (non-hydrogen) atoms. The average molecular weight is 419 g/mol. The summed E-state index contributed by atoms with van der Waals surface area (Å²) in [6.07, 6.45) is -0.0893. The minimum atomic E-state index is -0.398. The maximum absolute atomic E-state index is 13.5. The van der Waals surface area contributed by atoms with Crippen molar-refractivity contribution in [2.45, 2.75) is 26.9 Å². The van der Waals surface area contributed by atoms with E-state index in [0.717, 1.165) is 16.1 Å². The number of amides is 2. The topological polar surface area (TPSA) is 58.6 Å². The summed E-state index contributed by atoms with van der Waals surface area (Å²) in [6.45, 7) is 5.79. The quantitative estimate of drug-likeness (QED) is 0.556. The van der Waals surface area contributed by atoms with Gasteiger partial charge in [0.15, 0.2) is 0 Å². The van der Waals surface area contributed by atoms with Crippen molar-refractivity contribution in [3.63, 3.8) is 0 Å². The van der Waals surface area contributed by atoms with E-state index in [1.165, 1.54) is 16.2 Å². The highest BCUT2D eigenvalue weighted by Gasteiger charge is 2.41. The molecular formula is C24H22N2O3S. The molecule has 0 fully saturated rings. The standard InChI is InChI=1S/C24H22N2O3S/c1-15(2)29-19-11-5-4-10-18(19)26-23(27)21(20-12-7-13-30-20)22(24(26)28)25-17-9-6-8-16(3)14-17/h4-15,25H,1-3H3. The molecule has 1 N–H and O–H groups in total. The predicted molar refractivity (Wildman–Crippen MR) is 121 cm³/mol. The van der Waals surface area contributed by atoms with E-state index in [1.807, 2.05) is 68.6 Å². The third kappa shape index (κ3) is 3.74. The van der Waals surface area contributed by atoms with Gasteiger partial charge in [-0.2, -0.15) is 0 Å². The van der Waals surface area contributed by atoms with E-state index in [2.05, 4.69) is 5.32 Å². The van der Waals surface area contributed by atoms with Crippen LogP contribution in [0.2, 0.25) is 0 Å². The molecule has 0 bridgehead atoms. The molecule has 1 aliphatic heterocycles. The molecule has 0 saturated carbocycles. The fourth-order valence-electron chi connectivity index (χ4n) is 3.38. The normalized spacial score (nSPS) is 14.1. The van der Waals surface area contributed by atoms with Gasteiger partial charge in [0.2, 0.25) is 0 Å². The molecule has 1 aliphatic rings. The lowest BCUT2D eigenvalue weighted by atomic mass is 10.1. The average Bonchev–Trinajstić information content (AvgIpc) is 3.30. The maximum Gasteiger partial charge on any atom is 0.282 e. The van der Waals surface area contributed by atoms with Crippen LogP contribution in [-0.4, -0.2) is 17.9 Å². The fourth-order valence-corrected chi connectivity index (χ4v) is 4.14. The number of thiophene rings is 1. The van der Waals surface area contributed by atoms with Crippen LogP contribution >= 0.6 is 11.3 Å². The van der Waals surface area contributed by atoms with E-state index in [-0.39, 0.29) is 17.7 Å². The third-order valence-electron chi connectivity index (χ3n) is 4.61. The van der Waals surface area contributed by atoms with Crippen LogP contribution in [0.5, 0.6) is 5.75 Å². The fraction of sp³-hybridized carbons (Fsp3) is 0.167. The van der Waals surface area contributed by atoms with E-state index in [1.54, 1.807) is 18.2 Å². The zero-order valence-corrected chi connectivity index (χ0v) is 17.8. The van der Waals surface area contributed by atoms with Crippen LogP contribution < -0.4 is 15.0 Å². The zero-order chi connectivity index (χ0) is 21.3. The van der Waals surface area contributed by atoms with Crippen LogP contribution in [0.4, 0.5) is 11.4 Å². The molecule has 152 valence electrons. The van der Waals surface area contributed by atoms with Gasteiger partial charge in [-0.25, -0.2) is 4.90 Å². The predicted octanol–water partition coefficient (Wildman–Crippen LogP) is 5.24. The van der Waals surface area contributed by atoms with Gasteiger partial charge in [0.05, 0.1) is 17.4 Å². The maximum atomic E-state index is 13.5. The minimum Gasteiger partial charge on any atom is -0.489 e. The lowest BCUT2D eigenvalue weighted by molar-refractivity contribution is -0.120. The summed E-state index contributed by atoms with van der Waals surface area (Å²) in [4.78, 5) is 28.9. The number of benzene rings is 2. The Balaban J connectivity index is 1.80. The number of ether oxygens (including phenoxy) is 1. The summed E-state index contributed by atoms with van der Waals surface area (Å²) in [5.74, 6) is -0.265. The van der Waals surface area contributed by atoms with Gasteiger partial charge < -0.3 is 10.1 Å².